The zero-order chi connectivity index (χ0) is 15.1. The highest BCUT2D eigenvalue weighted by molar-refractivity contribution is 7.80. The summed E-state index contributed by atoms with van der Waals surface area (Å²) in [6, 6.07) is 4.71. The SMILES string of the molecule is Cc1ccc(NC(=S)NNC(=O)CC[NH+](C)C)cc1F. The Balaban J connectivity index is 2.36. The molecule has 0 saturated heterocycles. The molecule has 0 heterocycles. The molecule has 7 heteroatoms. The summed E-state index contributed by atoms with van der Waals surface area (Å²) in [6.45, 7) is 2.42. The molecular weight excluding hydrogens is 279 g/mol. The topological polar surface area (TPSA) is 57.6 Å². The predicted molar refractivity (Wildman–Crippen MR) is 80.9 cm³/mol. The van der Waals surface area contributed by atoms with Crippen LogP contribution in [0.3, 0.4) is 0 Å². The summed E-state index contributed by atoms with van der Waals surface area (Å²) in [4.78, 5) is 12.7. The molecule has 5 nitrogen and oxygen atoms in total. The van der Waals surface area contributed by atoms with E-state index in [9.17, 15) is 9.18 Å². The lowest BCUT2D eigenvalue weighted by atomic mass is 10.2. The standard InChI is InChI=1S/C13H19FN4OS/c1-9-4-5-10(8-11(9)14)15-13(20)17-16-12(19)6-7-18(2)3/h4-5,8H,6-7H2,1-3H3,(H,16,19)(H2,15,17,20)/p+1. The van der Waals surface area contributed by atoms with Crippen molar-refractivity contribution in [1.82, 2.24) is 10.9 Å². The van der Waals surface area contributed by atoms with Crippen LogP contribution in [0.4, 0.5) is 10.1 Å². The fourth-order valence-corrected chi connectivity index (χ4v) is 1.55. The van der Waals surface area contributed by atoms with Crippen LogP contribution in [0, 0.1) is 12.7 Å². The summed E-state index contributed by atoms with van der Waals surface area (Å²) >= 11 is 5.00. The molecule has 0 bridgehead atoms. The minimum atomic E-state index is -0.309. The first kappa shape index (κ1) is 16.3. The third-order valence-electron chi connectivity index (χ3n) is 2.60. The van der Waals surface area contributed by atoms with Crippen molar-refractivity contribution >= 4 is 28.9 Å². The maximum atomic E-state index is 13.3. The van der Waals surface area contributed by atoms with Crippen LogP contribution in [0.25, 0.3) is 0 Å². The third-order valence-corrected chi connectivity index (χ3v) is 2.80. The average Bonchev–Trinajstić information content (AvgIpc) is 2.38. The van der Waals surface area contributed by atoms with Crippen LogP contribution in [-0.4, -0.2) is 31.7 Å². The van der Waals surface area contributed by atoms with E-state index in [-0.39, 0.29) is 16.8 Å². The minimum Gasteiger partial charge on any atom is -0.339 e. The maximum absolute atomic E-state index is 13.3. The van der Waals surface area contributed by atoms with Gasteiger partial charge in [0.15, 0.2) is 5.11 Å². The first-order valence-corrected chi connectivity index (χ1v) is 6.70. The molecule has 0 saturated carbocycles. The molecular formula is C13H20FN4OS+. The van der Waals surface area contributed by atoms with E-state index >= 15 is 0 Å². The number of quaternary nitrogens is 1. The number of amides is 1. The molecule has 0 aliphatic heterocycles. The van der Waals surface area contributed by atoms with E-state index in [1.54, 1.807) is 19.1 Å². The van der Waals surface area contributed by atoms with Crippen molar-refractivity contribution in [3.8, 4) is 0 Å². The molecule has 4 N–H and O–H groups in total. The fraction of sp³-hybridized carbons (Fsp3) is 0.385. The van der Waals surface area contributed by atoms with Crippen LogP contribution in [0.5, 0.6) is 0 Å². The first-order valence-electron chi connectivity index (χ1n) is 6.29. The summed E-state index contributed by atoms with van der Waals surface area (Å²) in [5.41, 5.74) is 6.15. The molecule has 1 rings (SSSR count). The van der Waals surface area contributed by atoms with E-state index in [0.717, 1.165) is 6.54 Å². The number of hydrogen-bond acceptors (Lipinski definition) is 2. The van der Waals surface area contributed by atoms with Gasteiger partial charge < -0.3 is 10.2 Å². The second-order valence-electron chi connectivity index (χ2n) is 4.80. The Morgan fingerprint density at radius 2 is 2.05 bits per heavy atom. The van der Waals surface area contributed by atoms with Crippen molar-refractivity contribution in [3.05, 3.63) is 29.6 Å². The summed E-state index contributed by atoms with van der Waals surface area (Å²) in [5.74, 6) is -0.457. The van der Waals surface area contributed by atoms with E-state index < -0.39 is 0 Å². The zero-order valence-electron chi connectivity index (χ0n) is 11.8. The van der Waals surface area contributed by atoms with Gasteiger partial charge in [-0.2, -0.15) is 0 Å². The van der Waals surface area contributed by atoms with Crippen LogP contribution < -0.4 is 21.1 Å². The molecule has 0 radical (unpaired) electrons. The van der Waals surface area contributed by atoms with Gasteiger partial charge in [0, 0.05) is 5.69 Å². The van der Waals surface area contributed by atoms with Crippen molar-refractivity contribution in [2.45, 2.75) is 13.3 Å². The molecule has 0 aromatic heterocycles. The van der Waals surface area contributed by atoms with E-state index in [0.29, 0.717) is 17.7 Å². The molecule has 0 fully saturated rings. The average molecular weight is 299 g/mol. The van der Waals surface area contributed by atoms with Crippen LogP contribution in [0.15, 0.2) is 18.2 Å². The quantitative estimate of drug-likeness (QED) is 0.466. The normalized spacial score (nSPS) is 10.2. The van der Waals surface area contributed by atoms with Gasteiger partial charge in [-0.25, -0.2) is 4.39 Å². The van der Waals surface area contributed by atoms with Crippen molar-refractivity contribution in [2.24, 2.45) is 0 Å². The number of hydrogen-bond donors (Lipinski definition) is 4. The number of benzene rings is 1. The van der Waals surface area contributed by atoms with E-state index in [2.05, 4.69) is 16.2 Å². The monoisotopic (exact) mass is 299 g/mol. The molecule has 0 spiro atoms. The molecule has 0 atom stereocenters. The molecule has 0 aliphatic rings. The Labute approximate surface area is 123 Å². The maximum Gasteiger partial charge on any atom is 0.244 e. The number of carbonyl (C=O) groups is 1. The molecule has 1 aromatic rings. The number of hydrazine groups is 1. The van der Waals surface area contributed by atoms with Gasteiger partial charge >= 0.3 is 0 Å². The van der Waals surface area contributed by atoms with Crippen molar-refractivity contribution < 1.29 is 14.1 Å². The van der Waals surface area contributed by atoms with Gasteiger partial charge in [-0.1, -0.05) is 6.07 Å². The number of carbonyl (C=O) groups excluding carboxylic acids is 1. The molecule has 110 valence electrons. The highest BCUT2D eigenvalue weighted by atomic mass is 32.1. The number of rotatable bonds is 4. The second kappa shape index (κ2) is 7.76. The Bertz CT molecular complexity index is 493. The summed E-state index contributed by atoms with van der Waals surface area (Å²) in [5, 5.41) is 3.00. The van der Waals surface area contributed by atoms with E-state index in [1.165, 1.54) is 11.0 Å². The number of halogens is 1. The Morgan fingerprint density at radius 1 is 1.35 bits per heavy atom. The van der Waals surface area contributed by atoms with Crippen LogP contribution in [0.1, 0.15) is 12.0 Å². The van der Waals surface area contributed by atoms with Gasteiger partial charge in [-0.3, -0.25) is 15.6 Å². The van der Waals surface area contributed by atoms with Crippen LogP contribution in [-0.2, 0) is 4.79 Å². The number of thiocarbonyl (C=S) groups is 1. The largest absolute Gasteiger partial charge is 0.339 e. The number of aryl methyl sites for hydroxylation is 1. The van der Waals surface area contributed by atoms with Gasteiger partial charge in [0.2, 0.25) is 5.91 Å². The van der Waals surface area contributed by atoms with Gasteiger partial charge in [0.05, 0.1) is 27.1 Å². The molecule has 0 unspecified atom stereocenters. The Morgan fingerprint density at radius 3 is 2.65 bits per heavy atom. The van der Waals surface area contributed by atoms with Crippen molar-refractivity contribution in [2.75, 3.05) is 26.0 Å². The second-order valence-corrected chi connectivity index (χ2v) is 5.21. The lowest BCUT2D eigenvalue weighted by Gasteiger charge is -2.12. The number of nitrogens with one attached hydrogen (secondary N) is 4. The van der Waals surface area contributed by atoms with Crippen molar-refractivity contribution in [3.63, 3.8) is 0 Å². The third kappa shape index (κ3) is 5.94. The Hall–Kier alpha value is -1.73. The highest BCUT2D eigenvalue weighted by Gasteiger charge is 2.05. The molecule has 1 amide bonds. The molecule has 1 aromatic carbocycles. The lowest BCUT2D eigenvalue weighted by Crippen LogP contribution is -3.05. The molecule has 20 heavy (non-hydrogen) atoms. The van der Waals surface area contributed by atoms with E-state index in [1.807, 2.05) is 14.1 Å². The lowest BCUT2D eigenvalue weighted by molar-refractivity contribution is -0.857. The summed E-state index contributed by atoms with van der Waals surface area (Å²) in [7, 11) is 3.94. The smallest absolute Gasteiger partial charge is 0.244 e. The van der Waals surface area contributed by atoms with Gasteiger partial charge in [-0.05, 0) is 36.8 Å². The van der Waals surface area contributed by atoms with Crippen molar-refractivity contribution in [1.29, 1.82) is 0 Å². The number of anilines is 1. The highest BCUT2D eigenvalue weighted by Crippen LogP contribution is 2.13. The van der Waals surface area contributed by atoms with E-state index in [4.69, 9.17) is 12.2 Å². The zero-order valence-corrected chi connectivity index (χ0v) is 12.7. The predicted octanol–water partition coefficient (Wildman–Crippen LogP) is -0.0137. The summed E-state index contributed by atoms with van der Waals surface area (Å²) in [6.07, 6.45) is 0.400. The van der Waals surface area contributed by atoms with Crippen LogP contribution >= 0.6 is 12.2 Å². The van der Waals surface area contributed by atoms with Crippen LogP contribution in [0.2, 0.25) is 0 Å². The molecule has 0 aliphatic carbocycles. The van der Waals surface area contributed by atoms with Gasteiger partial charge in [0.1, 0.15) is 5.82 Å². The van der Waals surface area contributed by atoms with Gasteiger partial charge in [0.25, 0.3) is 0 Å². The minimum absolute atomic E-state index is 0.148. The first-order chi connectivity index (χ1) is 9.38. The summed E-state index contributed by atoms with van der Waals surface area (Å²) < 4.78 is 13.3. The Kier molecular flexibility index (Phi) is 6.33. The van der Waals surface area contributed by atoms with Gasteiger partial charge in [-0.15, -0.1) is 0 Å². The fourth-order valence-electron chi connectivity index (χ4n) is 1.39.